The first kappa shape index (κ1) is 30.2. The predicted molar refractivity (Wildman–Crippen MR) is 161 cm³/mol. The maximum atomic E-state index is 16.0. The Hall–Kier alpha value is -4.85. The summed E-state index contributed by atoms with van der Waals surface area (Å²) in [5.41, 5.74) is 1.21. The number of hydrogen-bond acceptors (Lipinski definition) is 7. The van der Waals surface area contributed by atoms with Crippen LogP contribution in [0.3, 0.4) is 0 Å². The molecule has 1 fully saturated rings. The van der Waals surface area contributed by atoms with Gasteiger partial charge in [-0.15, -0.1) is 0 Å². The summed E-state index contributed by atoms with van der Waals surface area (Å²) in [5, 5.41) is 2.48. The molecule has 2 amide bonds. The Morgan fingerprint density at radius 2 is 1.69 bits per heavy atom. The lowest BCUT2D eigenvalue weighted by atomic mass is 10.0. The summed E-state index contributed by atoms with van der Waals surface area (Å²) >= 11 is 0. The Bertz CT molecular complexity index is 1970. The summed E-state index contributed by atoms with van der Waals surface area (Å²) < 4.78 is 66.5. The molecular formula is C31H30F2N6O5S. The van der Waals surface area contributed by atoms with E-state index in [4.69, 9.17) is 4.74 Å². The minimum Gasteiger partial charge on any atom is -0.445 e. The Kier molecular flexibility index (Phi) is 7.99. The zero-order chi connectivity index (χ0) is 31.8. The van der Waals surface area contributed by atoms with E-state index in [0.717, 1.165) is 3.97 Å². The molecule has 1 aliphatic rings. The fourth-order valence-electron chi connectivity index (χ4n) is 5.64. The number of fused-ring (bicyclic) bond motifs is 3. The van der Waals surface area contributed by atoms with Gasteiger partial charge in [0.15, 0.2) is 11.5 Å². The molecule has 3 aromatic heterocycles. The van der Waals surface area contributed by atoms with Crippen molar-refractivity contribution in [1.29, 1.82) is 0 Å². The van der Waals surface area contributed by atoms with Crippen LogP contribution in [-0.2, 0) is 32.1 Å². The Balaban J connectivity index is 1.38. The smallest absolute Gasteiger partial charge is 0.407 e. The quantitative estimate of drug-likeness (QED) is 0.259. The van der Waals surface area contributed by atoms with E-state index in [1.165, 1.54) is 42.1 Å². The molecule has 0 aliphatic carbocycles. The third-order valence-corrected chi connectivity index (χ3v) is 9.58. The van der Waals surface area contributed by atoms with E-state index >= 15 is 8.78 Å². The molecule has 0 spiro atoms. The molecule has 0 radical (unpaired) electrons. The molecule has 14 heteroatoms. The van der Waals surface area contributed by atoms with Crippen molar-refractivity contribution in [3.63, 3.8) is 0 Å². The summed E-state index contributed by atoms with van der Waals surface area (Å²) in [4.78, 5) is 34.6. The van der Waals surface area contributed by atoms with E-state index in [0.29, 0.717) is 42.4 Å². The third kappa shape index (κ3) is 5.84. The van der Waals surface area contributed by atoms with Gasteiger partial charge in [-0.2, -0.15) is 8.78 Å². The topological polar surface area (TPSA) is 128 Å². The van der Waals surface area contributed by atoms with E-state index in [9.17, 15) is 18.0 Å². The van der Waals surface area contributed by atoms with Gasteiger partial charge >= 0.3 is 12.0 Å². The molecule has 0 unspecified atom stereocenters. The minimum atomic E-state index is -4.04. The van der Waals surface area contributed by atoms with Gasteiger partial charge in [0.1, 0.15) is 12.1 Å². The first-order chi connectivity index (χ1) is 21.6. The van der Waals surface area contributed by atoms with Crippen molar-refractivity contribution in [3.05, 3.63) is 90.5 Å². The summed E-state index contributed by atoms with van der Waals surface area (Å²) in [6.07, 6.45) is 2.35. The monoisotopic (exact) mass is 636 g/mol. The number of benzene rings is 2. The second kappa shape index (κ2) is 11.9. The number of ether oxygens (including phenoxy) is 1. The molecule has 5 aromatic rings. The number of likely N-dealkylation sites (tertiary alicyclic amines) is 1. The summed E-state index contributed by atoms with van der Waals surface area (Å²) in [6.45, 7) is 0.993. The Morgan fingerprint density at radius 3 is 2.36 bits per heavy atom. The fourth-order valence-corrected chi connectivity index (χ4v) is 6.96. The molecule has 1 aliphatic heterocycles. The normalized spacial score (nSPS) is 14.6. The van der Waals surface area contributed by atoms with Gasteiger partial charge in [0.05, 0.1) is 23.2 Å². The largest absolute Gasteiger partial charge is 0.445 e. The van der Waals surface area contributed by atoms with Gasteiger partial charge in [0.2, 0.25) is 5.91 Å². The number of alkyl halides is 2. The van der Waals surface area contributed by atoms with Gasteiger partial charge in [-0.1, -0.05) is 48.5 Å². The Morgan fingerprint density at radius 1 is 1.02 bits per heavy atom. The number of nitrogens with zero attached hydrogens (tertiary/aromatic N) is 5. The first-order valence-electron chi connectivity index (χ1n) is 14.3. The molecule has 45 heavy (non-hydrogen) atoms. The van der Waals surface area contributed by atoms with Gasteiger partial charge in [0, 0.05) is 37.6 Å². The highest BCUT2D eigenvalue weighted by atomic mass is 32.2. The van der Waals surface area contributed by atoms with Crippen LogP contribution in [0.5, 0.6) is 0 Å². The van der Waals surface area contributed by atoms with Crippen molar-refractivity contribution in [2.75, 3.05) is 19.6 Å². The molecule has 1 saturated heterocycles. The molecule has 0 saturated carbocycles. The van der Waals surface area contributed by atoms with E-state index in [1.54, 1.807) is 53.4 Å². The van der Waals surface area contributed by atoms with Crippen molar-refractivity contribution in [1.82, 2.24) is 28.7 Å². The first-order valence-corrected chi connectivity index (χ1v) is 15.8. The SMILES string of the molecule is CC(=O)N1CCC(n2c(C(F)(F)CNC(=O)OCc3ccccc3)nc3cnc4c(ccn4S(=O)(=O)c4ccccc4)c32)CC1. The maximum absolute atomic E-state index is 16.0. The van der Waals surface area contributed by atoms with Crippen molar-refractivity contribution in [2.24, 2.45) is 0 Å². The van der Waals surface area contributed by atoms with Crippen molar-refractivity contribution in [2.45, 2.75) is 43.2 Å². The molecule has 4 heterocycles. The summed E-state index contributed by atoms with van der Waals surface area (Å²) in [5.74, 6) is -4.36. The van der Waals surface area contributed by atoms with Crippen LogP contribution in [0.4, 0.5) is 13.6 Å². The lowest BCUT2D eigenvalue weighted by Crippen LogP contribution is -2.40. The van der Waals surface area contributed by atoms with Crippen molar-refractivity contribution >= 4 is 44.1 Å². The zero-order valence-electron chi connectivity index (χ0n) is 24.3. The van der Waals surface area contributed by atoms with Gasteiger partial charge in [0.25, 0.3) is 10.0 Å². The lowest BCUT2D eigenvalue weighted by Gasteiger charge is -2.33. The number of rotatable bonds is 8. The third-order valence-electron chi connectivity index (χ3n) is 7.90. The average Bonchev–Trinajstić information content (AvgIpc) is 3.67. The van der Waals surface area contributed by atoms with Gasteiger partial charge in [-0.3, -0.25) is 4.79 Å². The highest BCUT2D eigenvalue weighted by Gasteiger charge is 2.41. The molecule has 1 N–H and O–H groups in total. The van der Waals surface area contributed by atoms with Crippen LogP contribution in [-0.4, -0.2) is 63.5 Å². The number of pyridine rings is 1. The molecule has 234 valence electrons. The van der Waals surface area contributed by atoms with E-state index in [1.807, 2.05) is 0 Å². The van der Waals surface area contributed by atoms with Crippen molar-refractivity contribution < 1.29 is 31.5 Å². The summed E-state index contributed by atoms with van der Waals surface area (Å²) in [6, 6.07) is 17.7. The number of carbonyl (C=O) groups excluding carboxylic acids is 2. The van der Waals surface area contributed by atoms with Crippen molar-refractivity contribution in [3.8, 4) is 0 Å². The fraction of sp³-hybridized carbons (Fsp3) is 0.290. The van der Waals surface area contributed by atoms with Gasteiger partial charge in [-0.05, 0) is 36.6 Å². The standard InChI is InChI=1S/C31H30F2N6O5S/c1-21(40)37-15-12-23(13-16-37)39-27-25-14-17-38(45(42,43)24-10-6-3-7-11-24)28(25)34-18-26(27)36-29(39)31(32,33)20-35-30(41)44-19-22-8-4-2-5-9-22/h2-11,14,17-18,23H,12-13,15-16,19-20H2,1H3,(H,35,41). The molecule has 6 rings (SSSR count). The number of carbonyl (C=O) groups is 2. The molecular weight excluding hydrogens is 606 g/mol. The number of imidazole rings is 1. The van der Waals surface area contributed by atoms with Crippen LogP contribution in [0.25, 0.3) is 22.1 Å². The molecule has 2 aromatic carbocycles. The maximum Gasteiger partial charge on any atom is 0.407 e. The molecule has 0 bridgehead atoms. The van der Waals surface area contributed by atoms with E-state index < -0.39 is 40.5 Å². The minimum absolute atomic E-state index is 0.0481. The summed E-state index contributed by atoms with van der Waals surface area (Å²) in [7, 11) is -4.04. The second-order valence-electron chi connectivity index (χ2n) is 10.8. The second-order valence-corrected chi connectivity index (χ2v) is 12.6. The number of aromatic nitrogens is 4. The van der Waals surface area contributed by atoms with E-state index in [-0.39, 0.29) is 28.6 Å². The van der Waals surface area contributed by atoms with Gasteiger partial charge in [-0.25, -0.2) is 27.2 Å². The van der Waals surface area contributed by atoms with E-state index in [2.05, 4.69) is 15.3 Å². The van der Waals surface area contributed by atoms with Crippen LogP contribution < -0.4 is 5.32 Å². The number of alkyl carbamates (subject to hydrolysis) is 1. The number of amides is 2. The number of halogens is 2. The van der Waals surface area contributed by atoms with Crippen LogP contribution in [0.2, 0.25) is 0 Å². The Labute approximate surface area is 257 Å². The predicted octanol–water partition coefficient (Wildman–Crippen LogP) is 4.82. The average molecular weight is 637 g/mol. The zero-order valence-corrected chi connectivity index (χ0v) is 25.1. The lowest BCUT2D eigenvalue weighted by molar-refractivity contribution is -0.130. The van der Waals surface area contributed by atoms with Crippen LogP contribution in [0.15, 0.2) is 84.0 Å². The number of nitrogens with one attached hydrogen (secondary N) is 1. The molecule has 0 atom stereocenters. The van der Waals surface area contributed by atoms with Gasteiger partial charge < -0.3 is 19.5 Å². The van der Waals surface area contributed by atoms with Crippen LogP contribution in [0, 0.1) is 0 Å². The highest BCUT2D eigenvalue weighted by molar-refractivity contribution is 7.90. The van der Waals surface area contributed by atoms with Crippen LogP contribution in [0.1, 0.15) is 37.2 Å². The highest BCUT2D eigenvalue weighted by Crippen LogP contribution is 2.38. The number of hydrogen-bond donors (Lipinski definition) is 1. The van der Waals surface area contributed by atoms with Crippen LogP contribution >= 0.6 is 0 Å². The number of piperidine rings is 1. The molecule has 11 nitrogen and oxygen atoms in total.